The van der Waals surface area contributed by atoms with Gasteiger partial charge in [-0.3, -0.25) is 0 Å². The van der Waals surface area contributed by atoms with Crippen molar-refractivity contribution >= 4 is 12.7 Å². The average molecular weight is 295 g/mol. The molecule has 0 atom stereocenters. The fourth-order valence-electron chi connectivity index (χ4n) is 1.64. The first-order valence-corrected chi connectivity index (χ1v) is 6.12. The van der Waals surface area contributed by atoms with Crippen LogP contribution in [0.25, 0.3) is 0 Å². The number of hydrogen-bond acceptors (Lipinski definition) is 1. The fraction of sp³-hybridized carbons (Fsp3) is 0.385. The van der Waals surface area contributed by atoms with Gasteiger partial charge in [0, 0.05) is 18.8 Å². The van der Waals surface area contributed by atoms with Crippen LogP contribution in [0.3, 0.4) is 0 Å². The molecule has 0 saturated heterocycles. The molecular formula is C13H18BF3KN. The van der Waals surface area contributed by atoms with Crippen LogP contribution in [0.15, 0.2) is 42.4 Å². The Kier molecular flexibility index (Phi) is 9.36. The quantitative estimate of drug-likeness (QED) is 0.684. The van der Waals surface area contributed by atoms with Crippen LogP contribution in [-0.4, -0.2) is 20.1 Å². The van der Waals surface area contributed by atoms with E-state index in [1.54, 1.807) is 4.90 Å². The first-order valence-electron chi connectivity index (χ1n) is 6.12. The summed E-state index contributed by atoms with van der Waals surface area (Å²) in [6.07, 6.45) is 1.82. The molecule has 0 aliphatic rings. The number of unbranched alkanes of at least 4 members (excludes halogenated alkanes) is 1. The van der Waals surface area contributed by atoms with Crippen molar-refractivity contribution in [3.8, 4) is 0 Å². The molecule has 0 heterocycles. The second kappa shape index (κ2) is 9.24. The molecule has 1 aromatic rings. The van der Waals surface area contributed by atoms with E-state index in [-0.39, 0.29) is 57.9 Å². The fourth-order valence-corrected chi connectivity index (χ4v) is 1.64. The van der Waals surface area contributed by atoms with Crippen LogP contribution in [0.2, 0.25) is 0 Å². The summed E-state index contributed by atoms with van der Waals surface area (Å²) in [5, 5.41) is 0. The van der Waals surface area contributed by atoms with Crippen LogP contribution in [0.4, 0.5) is 18.6 Å². The summed E-state index contributed by atoms with van der Waals surface area (Å²) < 4.78 is 37.8. The molecule has 0 aromatic heterocycles. The molecule has 1 rings (SSSR count). The van der Waals surface area contributed by atoms with Crippen LogP contribution in [0, 0.1) is 0 Å². The maximum absolute atomic E-state index is 12.6. The third-order valence-electron chi connectivity index (χ3n) is 2.76. The molecular weight excluding hydrogens is 277 g/mol. The van der Waals surface area contributed by atoms with E-state index in [0.717, 1.165) is 18.5 Å². The van der Waals surface area contributed by atoms with Crippen molar-refractivity contribution < 1.29 is 64.3 Å². The van der Waals surface area contributed by atoms with Gasteiger partial charge in [0.25, 0.3) is 0 Å². The van der Waals surface area contributed by atoms with Gasteiger partial charge in [-0.2, -0.15) is 0 Å². The van der Waals surface area contributed by atoms with Gasteiger partial charge in [0.05, 0.1) is 0 Å². The normalized spacial score (nSPS) is 10.7. The van der Waals surface area contributed by atoms with Crippen molar-refractivity contribution in [3.63, 3.8) is 0 Å². The monoisotopic (exact) mass is 295 g/mol. The van der Waals surface area contributed by atoms with Crippen LogP contribution >= 0.6 is 0 Å². The first-order chi connectivity index (χ1) is 8.45. The summed E-state index contributed by atoms with van der Waals surface area (Å²) in [5.41, 5.74) is 0.169. The Labute approximate surface area is 155 Å². The number of anilines is 1. The van der Waals surface area contributed by atoms with Crippen molar-refractivity contribution in [1.82, 2.24) is 0 Å². The molecule has 0 fully saturated rings. The van der Waals surface area contributed by atoms with E-state index < -0.39 is 12.4 Å². The molecule has 0 saturated carbocycles. The Bertz CT molecular complexity index is 381. The predicted octanol–water partition coefficient (Wildman–Crippen LogP) is 1.24. The Balaban J connectivity index is 0.00000324. The van der Waals surface area contributed by atoms with Crippen LogP contribution in [0.1, 0.15) is 19.8 Å². The largest absolute Gasteiger partial charge is 1.00 e. The summed E-state index contributed by atoms with van der Waals surface area (Å²) in [4.78, 5) is 1.74. The SMILES string of the molecule is C=C(CN(CCCC)c1ccccc1)[B-](F)(F)F.[K+]. The van der Waals surface area contributed by atoms with Gasteiger partial charge in [-0.25, -0.2) is 0 Å². The van der Waals surface area contributed by atoms with E-state index in [9.17, 15) is 12.9 Å². The molecule has 0 amide bonds. The number of para-hydroxylation sites is 1. The average Bonchev–Trinajstić information content (AvgIpc) is 2.34. The van der Waals surface area contributed by atoms with Crippen LogP contribution < -0.4 is 56.3 Å². The van der Waals surface area contributed by atoms with Crippen LogP contribution in [-0.2, 0) is 0 Å². The third kappa shape index (κ3) is 6.99. The number of halogens is 3. The van der Waals surface area contributed by atoms with E-state index in [0.29, 0.717) is 6.54 Å². The Hall–Kier alpha value is 0.251. The molecule has 0 aliphatic heterocycles. The molecule has 6 heteroatoms. The van der Waals surface area contributed by atoms with E-state index in [2.05, 4.69) is 6.58 Å². The Morgan fingerprint density at radius 3 is 2.26 bits per heavy atom. The van der Waals surface area contributed by atoms with Gasteiger partial charge in [-0.1, -0.05) is 31.5 Å². The van der Waals surface area contributed by atoms with E-state index in [1.165, 1.54) is 0 Å². The molecule has 0 aliphatic carbocycles. The number of hydrogen-bond donors (Lipinski definition) is 0. The number of nitrogens with zero attached hydrogens (tertiary/aromatic N) is 1. The van der Waals surface area contributed by atoms with Gasteiger partial charge < -0.3 is 17.8 Å². The first kappa shape index (κ1) is 19.3. The van der Waals surface area contributed by atoms with Crippen molar-refractivity contribution in [2.24, 2.45) is 0 Å². The molecule has 0 spiro atoms. The van der Waals surface area contributed by atoms with Gasteiger partial charge in [-0.15, -0.1) is 12.1 Å². The Morgan fingerprint density at radius 1 is 1.21 bits per heavy atom. The minimum Gasteiger partial charge on any atom is -0.445 e. The molecule has 100 valence electrons. The van der Waals surface area contributed by atoms with Gasteiger partial charge in [0.2, 0.25) is 0 Å². The van der Waals surface area contributed by atoms with Crippen molar-refractivity contribution in [3.05, 3.63) is 42.4 Å². The maximum Gasteiger partial charge on any atom is 1.00 e. The zero-order chi connectivity index (χ0) is 13.6. The summed E-state index contributed by atoms with van der Waals surface area (Å²) >= 11 is 0. The van der Waals surface area contributed by atoms with Gasteiger partial charge in [-0.05, 0) is 18.6 Å². The summed E-state index contributed by atoms with van der Waals surface area (Å²) in [6.45, 7) is 0.696. The van der Waals surface area contributed by atoms with Gasteiger partial charge in [0.15, 0.2) is 0 Å². The smallest absolute Gasteiger partial charge is 0.445 e. The van der Waals surface area contributed by atoms with Gasteiger partial charge >= 0.3 is 58.4 Å². The number of rotatable bonds is 7. The van der Waals surface area contributed by atoms with Gasteiger partial charge in [0.1, 0.15) is 0 Å². The molecule has 1 nitrogen and oxygen atoms in total. The second-order valence-corrected chi connectivity index (χ2v) is 4.34. The summed E-state index contributed by atoms with van der Waals surface area (Å²) in [6, 6.07) is 9.16. The zero-order valence-corrected chi connectivity index (χ0v) is 14.7. The summed E-state index contributed by atoms with van der Waals surface area (Å²) in [7, 11) is 0. The predicted molar refractivity (Wildman–Crippen MR) is 71.8 cm³/mol. The third-order valence-corrected chi connectivity index (χ3v) is 2.76. The minimum absolute atomic E-state index is 0. The standard InChI is InChI=1S/C13H18BF3N.K/c1-3-4-10-18(11-12(2)14(15,16)17)13-8-6-5-7-9-13;/h5-9H,2-4,10-11H2,1H3;/q-1;+1. The molecule has 0 unspecified atom stereocenters. The maximum atomic E-state index is 12.6. The molecule has 1 aromatic carbocycles. The van der Waals surface area contributed by atoms with E-state index in [4.69, 9.17) is 0 Å². The second-order valence-electron chi connectivity index (χ2n) is 4.34. The molecule has 0 radical (unpaired) electrons. The van der Waals surface area contributed by atoms with Crippen LogP contribution in [0.5, 0.6) is 0 Å². The zero-order valence-electron chi connectivity index (χ0n) is 11.6. The van der Waals surface area contributed by atoms with Crippen molar-refractivity contribution in [2.45, 2.75) is 19.8 Å². The summed E-state index contributed by atoms with van der Waals surface area (Å²) in [5.74, 6) is 0. The Morgan fingerprint density at radius 2 is 1.79 bits per heavy atom. The topological polar surface area (TPSA) is 3.24 Å². The molecule has 19 heavy (non-hydrogen) atoms. The van der Waals surface area contributed by atoms with Crippen molar-refractivity contribution in [1.29, 1.82) is 0 Å². The van der Waals surface area contributed by atoms with E-state index in [1.807, 2.05) is 37.3 Å². The number of benzene rings is 1. The van der Waals surface area contributed by atoms with Crippen molar-refractivity contribution in [2.75, 3.05) is 18.0 Å². The molecule has 0 bridgehead atoms. The minimum atomic E-state index is -4.96. The molecule has 0 N–H and O–H groups in total. The van der Waals surface area contributed by atoms with E-state index >= 15 is 0 Å².